The maximum atomic E-state index is 11.9. The highest BCUT2D eigenvalue weighted by Gasteiger charge is 2.15. The minimum absolute atomic E-state index is 0.0257. The summed E-state index contributed by atoms with van der Waals surface area (Å²) in [5.74, 6) is 0.0340. The van der Waals surface area contributed by atoms with Crippen molar-refractivity contribution in [2.45, 2.75) is 40.0 Å². The minimum atomic E-state index is -0.0257. The van der Waals surface area contributed by atoms with E-state index in [2.05, 4.69) is 43.5 Å². The van der Waals surface area contributed by atoms with Crippen molar-refractivity contribution in [1.82, 2.24) is 5.32 Å². The van der Waals surface area contributed by atoms with E-state index in [9.17, 15) is 4.79 Å². The highest BCUT2D eigenvalue weighted by Crippen LogP contribution is 2.23. The second-order valence-electron chi connectivity index (χ2n) is 6.03. The molecule has 3 nitrogen and oxygen atoms in total. The first-order chi connectivity index (χ1) is 8.84. The smallest absolute Gasteiger partial charge is 0.228 e. The Kier molecular flexibility index (Phi) is 5.55. The Hall–Kier alpha value is -1.35. The molecule has 1 atom stereocenters. The monoisotopic (exact) mass is 262 g/mol. The number of nitrogens with one attached hydrogen (secondary N) is 2. The van der Waals surface area contributed by atoms with E-state index in [1.165, 1.54) is 5.56 Å². The highest BCUT2D eigenvalue weighted by atomic mass is 16.1. The highest BCUT2D eigenvalue weighted by molar-refractivity contribution is 5.92. The molecular formula is C16H26N2O. The zero-order valence-electron chi connectivity index (χ0n) is 12.7. The van der Waals surface area contributed by atoms with E-state index >= 15 is 0 Å². The Bertz CT molecular complexity index is 404. The van der Waals surface area contributed by atoms with Crippen molar-refractivity contribution in [3.05, 3.63) is 29.8 Å². The normalized spacial score (nSPS) is 13.1. The van der Waals surface area contributed by atoms with Gasteiger partial charge in [-0.2, -0.15) is 0 Å². The summed E-state index contributed by atoms with van der Waals surface area (Å²) in [6, 6.07) is 8.09. The molecule has 3 heteroatoms. The summed E-state index contributed by atoms with van der Waals surface area (Å²) in [6.07, 6.45) is 0. The molecule has 19 heavy (non-hydrogen) atoms. The van der Waals surface area contributed by atoms with Crippen molar-refractivity contribution in [2.24, 2.45) is 5.92 Å². The predicted molar refractivity (Wildman–Crippen MR) is 81.5 cm³/mol. The lowest BCUT2D eigenvalue weighted by Gasteiger charge is -2.19. The molecule has 0 fully saturated rings. The Morgan fingerprint density at radius 3 is 2.26 bits per heavy atom. The van der Waals surface area contributed by atoms with Gasteiger partial charge in [0.2, 0.25) is 5.91 Å². The molecule has 0 aliphatic heterocycles. The Morgan fingerprint density at radius 1 is 1.21 bits per heavy atom. The summed E-state index contributed by atoms with van der Waals surface area (Å²) >= 11 is 0. The summed E-state index contributed by atoms with van der Waals surface area (Å²) in [4.78, 5) is 11.9. The van der Waals surface area contributed by atoms with Crippen molar-refractivity contribution < 1.29 is 4.79 Å². The van der Waals surface area contributed by atoms with Crippen LogP contribution in [0.15, 0.2) is 24.3 Å². The molecule has 1 rings (SSSR count). The summed E-state index contributed by atoms with van der Waals surface area (Å²) in [5, 5.41) is 6.13. The van der Waals surface area contributed by atoms with Gasteiger partial charge in [0, 0.05) is 18.2 Å². The largest absolute Gasteiger partial charge is 0.326 e. The molecule has 1 aromatic carbocycles. The van der Waals surface area contributed by atoms with Gasteiger partial charge < -0.3 is 10.6 Å². The van der Waals surface area contributed by atoms with Gasteiger partial charge in [0.15, 0.2) is 0 Å². The van der Waals surface area contributed by atoms with Crippen molar-refractivity contribution in [3.63, 3.8) is 0 Å². The number of amides is 1. The average Bonchev–Trinajstić information content (AvgIpc) is 2.35. The third kappa shape index (κ3) is 5.03. The molecule has 0 spiro atoms. The molecule has 0 radical (unpaired) electrons. The number of carbonyl (C=O) groups excluding carboxylic acids is 1. The number of hydrogen-bond donors (Lipinski definition) is 2. The van der Waals surface area contributed by atoms with Gasteiger partial charge >= 0.3 is 0 Å². The molecule has 1 amide bonds. The van der Waals surface area contributed by atoms with E-state index in [-0.39, 0.29) is 17.2 Å². The van der Waals surface area contributed by atoms with E-state index < -0.39 is 0 Å². The molecule has 0 bridgehead atoms. The lowest BCUT2D eigenvalue weighted by Crippen LogP contribution is -2.30. The lowest BCUT2D eigenvalue weighted by atomic mass is 9.87. The summed E-state index contributed by atoms with van der Waals surface area (Å²) in [7, 11) is 0. The minimum Gasteiger partial charge on any atom is -0.326 e. The first-order valence-corrected chi connectivity index (χ1v) is 6.96. The SMILES string of the molecule is CCNCC(C)C(=O)Nc1ccc(C(C)(C)C)cc1. The first kappa shape index (κ1) is 15.7. The van der Waals surface area contributed by atoms with Crippen LogP contribution in [0.2, 0.25) is 0 Å². The zero-order chi connectivity index (χ0) is 14.5. The van der Waals surface area contributed by atoms with Gasteiger partial charge in [-0.15, -0.1) is 0 Å². The molecular weight excluding hydrogens is 236 g/mol. The Labute approximate surface area is 116 Å². The van der Waals surface area contributed by atoms with Crippen molar-refractivity contribution >= 4 is 11.6 Å². The fraction of sp³-hybridized carbons (Fsp3) is 0.562. The van der Waals surface area contributed by atoms with Gasteiger partial charge in [-0.05, 0) is 29.7 Å². The van der Waals surface area contributed by atoms with Crippen molar-refractivity contribution in [1.29, 1.82) is 0 Å². The van der Waals surface area contributed by atoms with Crippen LogP contribution >= 0.6 is 0 Å². The Morgan fingerprint density at radius 2 is 1.79 bits per heavy atom. The van der Waals surface area contributed by atoms with Crippen LogP contribution in [0.3, 0.4) is 0 Å². The van der Waals surface area contributed by atoms with Crippen LogP contribution in [-0.4, -0.2) is 19.0 Å². The number of rotatable bonds is 5. The molecule has 0 saturated carbocycles. The predicted octanol–water partition coefficient (Wildman–Crippen LogP) is 3.17. The fourth-order valence-electron chi connectivity index (χ4n) is 1.77. The zero-order valence-corrected chi connectivity index (χ0v) is 12.7. The van der Waals surface area contributed by atoms with Crippen LogP contribution in [0, 0.1) is 5.92 Å². The summed E-state index contributed by atoms with van der Waals surface area (Å²) in [6.45, 7) is 12.1. The van der Waals surface area contributed by atoms with E-state index in [0.29, 0.717) is 6.54 Å². The average molecular weight is 262 g/mol. The standard InChI is InChI=1S/C16H26N2O/c1-6-17-11-12(2)15(19)18-14-9-7-13(8-10-14)16(3,4)5/h7-10,12,17H,6,11H2,1-5H3,(H,18,19). The molecule has 0 saturated heterocycles. The van der Waals surface area contributed by atoms with Gasteiger partial charge in [0.25, 0.3) is 0 Å². The van der Waals surface area contributed by atoms with E-state index in [1.807, 2.05) is 26.0 Å². The van der Waals surface area contributed by atoms with Crippen LogP contribution in [-0.2, 0) is 10.2 Å². The second kappa shape index (κ2) is 6.71. The second-order valence-corrected chi connectivity index (χ2v) is 6.03. The van der Waals surface area contributed by atoms with E-state index in [1.54, 1.807) is 0 Å². The third-order valence-corrected chi connectivity index (χ3v) is 3.17. The van der Waals surface area contributed by atoms with Crippen LogP contribution in [0.5, 0.6) is 0 Å². The molecule has 0 aliphatic rings. The van der Waals surface area contributed by atoms with Crippen molar-refractivity contribution in [2.75, 3.05) is 18.4 Å². The van der Waals surface area contributed by atoms with Gasteiger partial charge in [0.05, 0.1) is 0 Å². The van der Waals surface area contributed by atoms with E-state index in [0.717, 1.165) is 12.2 Å². The molecule has 1 unspecified atom stereocenters. The maximum absolute atomic E-state index is 11.9. The van der Waals surface area contributed by atoms with Gasteiger partial charge in [-0.3, -0.25) is 4.79 Å². The summed E-state index contributed by atoms with van der Waals surface area (Å²) in [5.41, 5.74) is 2.27. The van der Waals surface area contributed by atoms with Crippen LogP contribution in [0.25, 0.3) is 0 Å². The number of anilines is 1. The number of hydrogen-bond acceptors (Lipinski definition) is 2. The molecule has 0 aliphatic carbocycles. The van der Waals surface area contributed by atoms with Gasteiger partial charge in [-0.1, -0.05) is 46.8 Å². The number of benzene rings is 1. The molecule has 1 aromatic rings. The van der Waals surface area contributed by atoms with Crippen LogP contribution < -0.4 is 10.6 Å². The fourth-order valence-corrected chi connectivity index (χ4v) is 1.77. The van der Waals surface area contributed by atoms with Crippen molar-refractivity contribution in [3.8, 4) is 0 Å². The quantitative estimate of drug-likeness (QED) is 0.855. The Balaban J connectivity index is 2.60. The van der Waals surface area contributed by atoms with Crippen LogP contribution in [0.1, 0.15) is 40.2 Å². The van der Waals surface area contributed by atoms with Gasteiger partial charge in [0.1, 0.15) is 0 Å². The summed E-state index contributed by atoms with van der Waals surface area (Å²) < 4.78 is 0. The molecule has 106 valence electrons. The first-order valence-electron chi connectivity index (χ1n) is 6.96. The lowest BCUT2D eigenvalue weighted by molar-refractivity contribution is -0.119. The third-order valence-electron chi connectivity index (χ3n) is 3.17. The van der Waals surface area contributed by atoms with E-state index in [4.69, 9.17) is 0 Å². The van der Waals surface area contributed by atoms with Gasteiger partial charge in [-0.25, -0.2) is 0 Å². The topological polar surface area (TPSA) is 41.1 Å². The maximum Gasteiger partial charge on any atom is 0.228 e. The number of carbonyl (C=O) groups is 1. The molecule has 2 N–H and O–H groups in total. The van der Waals surface area contributed by atoms with Crippen LogP contribution in [0.4, 0.5) is 5.69 Å². The molecule has 0 aromatic heterocycles. The molecule has 0 heterocycles.